The van der Waals surface area contributed by atoms with Crippen molar-refractivity contribution in [3.8, 4) is 0 Å². The van der Waals surface area contributed by atoms with Crippen LogP contribution in [-0.2, 0) is 9.53 Å². The molecule has 0 N–H and O–H groups in total. The van der Waals surface area contributed by atoms with Gasteiger partial charge in [-0.25, -0.2) is 0 Å². The molecule has 1 aliphatic carbocycles. The molecule has 0 unspecified atom stereocenters. The summed E-state index contributed by atoms with van der Waals surface area (Å²) in [5, 5.41) is 3.50. The SMILES string of the molecule is COC(=O)C1CCC(N(C)c2sccc2C)CC1. The maximum Gasteiger partial charge on any atom is 0.308 e. The number of rotatable bonds is 3. The smallest absolute Gasteiger partial charge is 0.308 e. The fourth-order valence-corrected chi connectivity index (χ4v) is 3.73. The van der Waals surface area contributed by atoms with Gasteiger partial charge in [-0.2, -0.15) is 0 Å². The second-order valence-electron chi connectivity index (χ2n) is 5.05. The van der Waals surface area contributed by atoms with Crippen molar-refractivity contribution in [3.05, 3.63) is 17.0 Å². The van der Waals surface area contributed by atoms with E-state index in [4.69, 9.17) is 4.74 Å². The third-order valence-electron chi connectivity index (χ3n) is 3.93. The molecular formula is C14H21NO2S. The van der Waals surface area contributed by atoms with Crippen LogP contribution in [0.2, 0.25) is 0 Å². The number of carbonyl (C=O) groups is 1. The van der Waals surface area contributed by atoms with Crippen LogP contribution in [0.15, 0.2) is 11.4 Å². The van der Waals surface area contributed by atoms with E-state index in [1.165, 1.54) is 17.7 Å². The maximum absolute atomic E-state index is 11.5. The fraction of sp³-hybridized carbons (Fsp3) is 0.643. The Labute approximate surface area is 113 Å². The Morgan fingerprint density at radius 2 is 2.06 bits per heavy atom. The van der Waals surface area contributed by atoms with Gasteiger partial charge in [-0.15, -0.1) is 11.3 Å². The predicted molar refractivity (Wildman–Crippen MR) is 75.2 cm³/mol. The van der Waals surface area contributed by atoms with Crippen LogP contribution in [0.3, 0.4) is 0 Å². The van der Waals surface area contributed by atoms with Gasteiger partial charge < -0.3 is 9.64 Å². The molecule has 1 saturated carbocycles. The molecule has 0 aromatic carbocycles. The van der Waals surface area contributed by atoms with Crippen LogP contribution in [0.25, 0.3) is 0 Å². The number of anilines is 1. The van der Waals surface area contributed by atoms with Crippen molar-refractivity contribution in [2.24, 2.45) is 5.92 Å². The quantitative estimate of drug-likeness (QED) is 0.788. The summed E-state index contributed by atoms with van der Waals surface area (Å²) in [5.41, 5.74) is 1.34. The molecule has 0 radical (unpaired) electrons. The summed E-state index contributed by atoms with van der Waals surface area (Å²) < 4.78 is 4.83. The van der Waals surface area contributed by atoms with Crippen molar-refractivity contribution in [2.75, 3.05) is 19.1 Å². The van der Waals surface area contributed by atoms with Crippen LogP contribution in [0.1, 0.15) is 31.2 Å². The van der Waals surface area contributed by atoms with Crippen molar-refractivity contribution in [2.45, 2.75) is 38.6 Å². The Morgan fingerprint density at radius 3 is 2.56 bits per heavy atom. The van der Waals surface area contributed by atoms with E-state index >= 15 is 0 Å². The van der Waals surface area contributed by atoms with Crippen molar-refractivity contribution in [1.29, 1.82) is 0 Å². The number of carbonyl (C=O) groups excluding carboxylic acids is 1. The molecule has 0 amide bonds. The minimum atomic E-state index is -0.0385. The fourth-order valence-electron chi connectivity index (χ4n) is 2.76. The number of nitrogens with zero attached hydrogens (tertiary/aromatic N) is 1. The van der Waals surface area contributed by atoms with Gasteiger partial charge >= 0.3 is 5.97 Å². The third-order valence-corrected chi connectivity index (χ3v) is 5.04. The van der Waals surface area contributed by atoms with E-state index in [0.717, 1.165) is 25.7 Å². The van der Waals surface area contributed by atoms with Crippen LogP contribution in [-0.4, -0.2) is 26.2 Å². The zero-order valence-electron chi connectivity index (χ0n) is 11.3. The lowest BCUT2D eigenvalue weighted by atomic mass is 9.85. The molecule has 100 valence electrons. The number of thiophene rings is 1. The van der Waals surface area contributed by atoms with Crippen LogP contribution in [0, 0.1) is 12.8 Å². The Hall–Kier alpha value is -1.03. The van der Waals surface area contributed by atoms with E-state index in [0.29, 0.717) is 6.04 Å². The highest BCUT2D eigenvalue weighted by atomic mass is 32.1. The molecule has 3 nitrogen and oxygen atoms in total. The molecule has 0 spiro atoms. The summed E-state index contributed by atoms with van der Waals surface area (Å²) in [6.45, 7) is 2.16. The monoisotopic (exact) mass is 267 g/mol. The zero-order valence-corrected chi connectivity index (χ0v) is 12.1. The molecule has 0 atom stereocenters. The van der Waals surface area contributed by atoms with Crippen molar-refractivity contribution >= 4 is 22.3 Å². The predicted octanol–water partition coefficient (Wildman–Crippen LogP) is 3.22. The van der Waals surface area contributed by atoms with E-state index in [2.05, 4.69) is 30.3 Å². The van der Waals surface area contributed by atoms with E-state index in [-0.39, 0.29) is 11.9 Å². The summed E-state index contributed by atoms with van der Waals surface area (Å²) >= 11 is 1.80. The lowest BCUT2D eigenvalue weighted by molar-refractivity contribution is -0.146. The maximum atomic E-state index is 11.5. The van der Waals surface area contributed by atoms with Crippen LogP contribution < -0.4 is 4.90 Å². The zero-order chi connectivity index (χ0) is 13.1. The van der Waals surface area contributed by atoms with Gasteiger partial charge in [0.15, 0.2) is 0 Å². The van der Waals surface area contributed by atoms with Crippen LogP contribution in [0.5, 0.6) is 0 Å². The minimum Gasteiger partial charge on any atom is -0.469 e. The molecule has 1 aliphatic rings. The second-order valence-corrected chi connectivity index (χ2v) is 5.94. The van der Waals surface area contributed by atoms with Crippen molar-refractivity contribution < 1.29 is 9.53 Å². The molecule has 4 heteroatoms. The summed E-state index contributed by atoms with van der Waals surface area (Å²) in [5.74, 6) is 0.0764. The topological polar surface area (TPSA) is 29.5 Å². The molecule has 0 aliphatic heterocycles. The number of methoxy groups -OCH3 is 1. The van der Waals surface area contributed by atoms with E-state index in [1.54, 1.807) is 11.3 Å². The van der Waals surface area contributed by atoms with Crippen LogP contribution in [0.4, 0.5) is 5.00 Å². The highest BCUT2D eigenvalue weighted by Gasteiger charge is 2.29. The Bertz CT molecular complexity index is 408. The molecule has 1 heterocycles. The van der Waals surface area contributed by atoms with E-state index in [1.807, 2.05) is 0 Å². The average molecular weight is 267 g/mol. The first kappa shape index (κ1) is 13.4. The molecule has 1 aromatic heterocycles. The van der Waals surface area contributed by atoms with Crippen molar-refractivity contribution in [1.82, 2.24) is 0 Å². The first-order chi connectivity index (χ1) is 8.63. The highest BCUT2D eigenvalue weighted by molar-refractivity contribution is 7.14. The molecular weight excluding hydrogens is 246 g/mol. The van der Waals surface area contributed by atoms with Gasteiger partial charge in [0.25, 0.3) is 0 Å². The molecule has 18 heavy (non-hydrogen) atoms. The van der Waals surface area contributed by atoms with Gasteiger partial charge in [0.05, 0.1) is 18.0 Å². The lowest BCUT2D eigenvalue weighted by Crippen LogP contribution is -2.36. The average Bonchev–Trinajstić information content (AvgIpc) is 2.83. The van der Waals surface area contributed by atoms with Crippen molar-refractivity contribution in [3.63, 3.8) is 0 Å². The van der Waals surface area contributed by atoms with Gasteiger partial charge in [-0.1, -0.05) is 0 Å². The number of ether oxygens (including phenoxy) is 1. The van der Waals surface area contributed by atoms with Gasteiger partial charge in [0.1, 0.15) is 0 Å². The molecule has 2 rings (SSSR count). The van der Waals surface area contributed by atoms with Gasteiger partial charge in [0.2, 0.25) is 0 Å². The van der Waals surface area contributed by atoms with Crippen LogP contribution >= 0.6 is 11.3 Å². The Kier molecular flexibility index (Phi) is 4.27. The van der Waals surface area contributed by atoms with Gasteiger partial charge in [-0.3, -0.25) is 4.79 Å². The van der Waals surface area contributed by atoms with E-state index < -0.39 is 0 Å². The van der Waals surface area contributed by atoms with Gasteiger partial charge in [0, 0.05) is 13.1 Å². The first-order valence-electron chi connectivity index (χ1n) is 6.48. The first-order valence-corrected chi connectivity index (χ1v) is 7.36. The normalized spacial score (nSPS) is 23.7. The molecule has 0 saturated heterocycles. The molecule has 1 fully saturated rings. The number of hydrogen-bond acceptors (Lipinski definition) is 4. The standard InChI is InChI=1S/C14H21NO2S/c1-10-8-9-18-13(10)15(2)12-6-4-11(5-7-12)14(16)17-3/h8-9,11-12H,4-7H2,1-3H3. The summed E-state index contributed by atoms with van der Waals surface area (Å²) in [7, 11) is 3.65. The number of aryl methyl sites for hydroxylation is 1. The Morgan fingerprint density at radius 1 is 1.39 bits per heavy atom. The second kappa shape index (κ2) is 5.74. The Balaban J connectivity index is 1.94. The van der Waals surface area contributed by atoms with Gasteiger partial charge in [-0.05, 0) is 49.6 Å². The lowest BCUT2D eigenvalue weighted by Gasteiger charge is -2.34. The molecule has 1 aromatic rings. The third kappa shape index (κ3) is 2.69. The largest absolute Gasteiger partial charge is 0.469 e. The highest BCUT2D eigenvalue weighted by Crippen LogP contribution is 2.34. The summed E-state index contributed by atoms with van der Waals surface area (Å²) in [6.07, 6.45) is 4.05. The minimum absolute atomic E-state index is 0.0385. The molecule has 0 bridgehead atoms. The number of esters is 1. The number of hydrogen-bond donors (Lipinski definition) is 0. The summed E-state index contributed by atoms with van der Waals surface area (Å²) in [6, 6.07) is 2.72. The van der Waals surface area contributed by atoms with E-state index in [9.17, 15) is 4.79 Å². The summed E-state index contributed by atoms with van der Waals surface area (Å²) in [4.78, 5) is 13.9.